The zero-order chi connectivity index (χ0) is 24.3. The van der Waals surface area contributed by atoms with Crippen LogP contribution in [0.15, 0.2) is 41.2 Å². The van der Waals surface area contributed by atoms with Crippen molar-refractivity contribution in [3.05, 3.63) is 64.8 Å². The van der Waals surface area contributed by atoms with Gasteiger partial charge < -0.3 is 14.3 Å². The Hall–Kier alpha value is -4.07. The van der Waals surface area contributed by atoms with Crippen molar-refractivity contribution in [3.8, 4) is 11.5 Å². The zero-order valence-electron chi connectivity index (χ0n) is 17.9. The van der Waals surface area contributed by atoms with E-state index in [0.717, 1.165) is 26.8 Å². The van der Waals surface area contributed by atoms with Crippen LogP contribution in [-0.4, -0.2) is 52.3 Å². The number of alkyl halides is 3. The van der Waals surface area contributed by atoms with Crippen LogP contribution in [0.25, 0.3) is 21.7 Å². The molecule has 10 nitrogen and oxygen atoms in total. The quantitative estimate of drug-likeness (QED) is 0.402. The van der Waals surface area contributed by atoms with E-state index in [1.807, 2.05) is 24.3 Å². The number of halogens is 3. The summed E-state index contributed by atoms with van der Waals surface area (Å²) in [6.07, 6.45) is -1.54. The average Bonchev–Trinajstić information content (AvgIpc) is 3.61. The number of hydrogen-bond acceptors (Lipinski definition) is 8. The van der Waals surface area contributed by atoms with Gasteiger partial charge in [-0.3, -0.25) is 9.48 Å². The molecular weight excluding hydrogens is 485 g/mol. The summed E-state index contributed by atoms with van der Waals surface area (Å²) in [5, 5.41) is 11.6. The van der Waals surface area contributed by atoms with Gasteiger partial charge in [-0.2, -0.15) is 18.3 Å². The first-order valence-electron chi connectivity index (χ1n) is 10.4. The van der Waals surface area contributed by atoms with E-state index < -0.39 is 41.2 Å². The van der Waals surface area contributed by atoms with Crippen LogP contribution in [0.4, 0.5) is 13.2 Å². The van der Waals surface area contributed by atoms with Crippen LogP contribution in [0, 0.1) is 0 Å². The fourth-order valence-electron chi connectivity index (χ4n) is 4.15. The summed E-state index contributed by atoms with van der Waals surface area (Å²) in [6, 6.07) is 6.99. The Bertz CT molecular complexity index is 1530. The molecule has 1 N–H and O–H groups in total. The molecule has 0 saturated heterocycles. The molecular formula is C21H15F3N8O2S. The first-order chi connectivity index (χ1) is 16.8. The third-order valence-electron chi connectivity index (χ3n) is 5.67. The average molecular weight is 500 g/mol. The Kier molecular flexibility index (Phi) is 4.74. The Morgan fingerprint density at radius 1 is 1.26 bits per heavy atom. The Balaban J connectivity index is 1.39. The van der Waals surface area contributed by atoms with Gasteiger partial charge in [-0.05, 0) is 12.1 Å². The number of carbonyl (C=O) groups is 1. The van der Waals surface area contributed by atoms with Crippen molar-refractivity contribution in [2.75, 3.05) is 6.54 Å². The van der Waals surface area contributed by atoms with Crippen molar-refractivity contribution in [1.82, 2.24) is 39.8 Å². The lowest BCUT2D eigenvalue weighted by atomic mass is 10.0. The van der Waals surface area contributed by atoms with Crippen LogP contribution in [0.3, 0.4) is 0 Å². The monoisotopic (exact) mass is 500 g/mol. The summed E-state index contributed by atoms with van der Waals surface area (Å²) in [7, 11) is 1.35. The van der Waals surface area contributed by atoms with Gasteiger partial charge in [-0.15, -0.1) is 21.5 Å². The summed E-state index contributed by atoms with van der Waals surface area (Å²) in [5.74, 6) is -1.50. The molecule has 0 fully saturated rings. The first kappa shape index (κ1) is 21.5. The van der Waals surface area contributed by atoms with E-state index in [1.165, 1.54) is 23.3 Å². The third kappa shape index (κ3) is 3.56. The minimum atomic E-state index is -4.73. The number of nitrogens with one attached hydrogen (secondary N) is 1. The second-order valence-corrected chi connectivity index (χ2v) is 8.97. The Labute approximate surface area is 198 Å². The van der Waals surface area contributed by atoms with E-state index in [-0.39, 0.29) is 0 Å². The van der Waals surface area contributed by atoms with Crippen LogP contribution in [-0.2, 0) is 19.6 Å². The van der Waals surface area contributed by atoms with Crippen molar-refractivity contribution in [2.45, 2.75) is 18.6 Å². The van der Waals surface area contributed by atoms with Gasteiger partial charge >= 0.3 is 18.0 Å². The predicted molar refractivity (Wildman–Crippen MR) is 116 cm³/mol. The van der Waals surface area contributed by atoms with Crippen molar-refractivity contribution in [2.24, 2.45) is 7.05 Å². The van der Waals surface area contributed by atoms with Gasteiger partial charge in [-0.25, -0.2) is 9.97 Å². The van der Waals surface area contributed by atoms with Gasteiger partial charge in [0.15, 0.2) is 5.69 Å². The van der Waals surface area contributed by atoms with E-state index in [0.29, 0.717) is 23.7 Å². The number of aromatic nitrogens is 7. The molecule has 14 heteroatoms. The number of hydrogen-bond donors (Lipinski definition) is 1. The predicted octanol–water partition coefficient (Wildman–Crippen LogP) is 3.61. The number of aromatic amines is 1. The van der Waals surface area contributed by atoms with E-state index in [1.54, 1.807) is 6.33 Å². The zero-order valence-corrected chi connectivity index (χ0v) is 18.8. The third-order valence-corrected chi connectivity index (χ3v) is 6.75. The number of para-hydroxylation sites is 1. The standard InChI is InChI=1S/C21H15F3N8O2S/c1-31-8-10(16(30-31)21(22,23)24)17-28-29-18(34-17)20(33)32-7-6-12-14(26-9-25-12)15(32)19-27-11-4-2-3-5-13(11)35-19/h2-5,8-9,15H,6-7H2,1H3,(H,25,26)/t15-/m0/s1. The molecule has 4 aromatic heterocycles. The summed E-state index contributed by atoms with van der Waals surface area (Å²) in [6.45, 7) is 0.299. The molecule has 0 spiro atoms. The number of benzene rings is 1. The Morgan fingerprint density at radius 3 is 2.89 bits per heavy atom. The molecule has 5 heterocycles. The van der Waals surface area contributed by atoms with Gasteiger partial charge in [0.25, 0.3) is 5.89 Å². The smallest absolute Gasteiger partial charge is 0.412 e. The van der Waals surface area contributed by atoms with E-state index in [4.69, 9.17) is 9.40 Å². The number of carbonyl (C=O) groups excluding carboxylic acids is 1. The minimum absolute atomic E-state index is 0.299. The number of H-pyrrole nitrogens is 1. The number of imidazole rings is 1. The van der Waals surface area contributed by atoms with Crippen molar-refractivity contribution < 1.29 is 22.4 Å². The number of fused-ring (bicyclic) bond motifs is 2. The molecule has 0 aliphatic carbocycles. The van der Waals surface area contributed by atoms with Crippen LogP contribution in [0.1, 0.15) is 38.8 Å². The molecule has 0 unspecified atom stereocenters. The van der Waals surface area contributed by atoms with E-state index >= 15 is 0 Å². The van der Waals surface area contributed by atoms with Crippen LogP contribution in [0.5, 0.6) is 0 Å². The molecule has 1 aromatic carbocycles. The van der Waals surface area contributed by atoms with Crippen molar-refractivity contribution in [3.63, 3.8) is 0 Å². The molecule has 5 aromatic rings. The molecule has 0 bridgehead atoms. The highest BCUT2D eigenvalue weighted by Crippen LogP contribution is 2.39. The Morgan fingerprint density at radius 2 is 2.09 bits per heavy atom. The maximum atomic E-state index is 13.5. The topological polar surface area (TPSA) is 119 Å². The van der Waals surface area contributed by atoms with Crippen LogP contribution >= 0.6 is 11.3 Å². The maximum Gasteiger partial charge on any atom is 0.435 e. The second kappa shape index (κ2) is 7.73. The van der Waals surface area contributed by atoms with Crippen LogP contribution in [0.2, 0.25) is 0 Å². The van der Waals surface area contributed by atoms with Crippen molar-refractivity contribution >= 4 is 27.5 Å². The normalized spacial score (nSPS) is 16.1. The SMILES string of the molecule is Cn1cc(-c2nnc(C(=O)N3CCc4[nH]cnc4[C@H]3c3nc4ccccc4s3)o2)c(C(F)(F)F)n1. The number of nitrogens with zero attached hydrogens (tertiary/aromatic N) is 7. The lowest BCUT2D eigenvalue weighted by molar-refractivity contribution is -0.141. The fourth-order valence-corrected chi connectivity index (χ4v) is 5.23. The number of thiazole rings is 1. The van der Waals surface area contributed by atoms with Crippen LogP contribution < -0.4 is 0 Å². The molecule has 0 radical (unpaired) electrons. The highest BCUT2D eigenvalue weighted by molar-refractivity contribution is 7.18. The molecule has 0 saturated carbocycles. The van der Waals surface area contributed by atoms with E-state index in [9.17, 15) is 18.0 Å². The lowest BCUT2D eigenvalue weighted by Gasteiger charge is -2.32. The highest BCUT2D eigenvalue weighted by atomic mass is 32.1. The molecule has 1 aliphatic rings. The summed E-state index contributed by atoms with van der Waals surface area (Å²) >= 11 is 1.44. The fraction of sp³-hybridized carbons (Fsp3) is 0.238. The van der Waals surface area contributed by atoms with Gasteiger partial charge in [0, 0.05) is 31.9 Å². The molecule has 35 heavy (non-hydrogen) atoms. The second-order valence-electron chi connectivity index (χ2n) is 7.91. The highest BCUT2D eigenvalue weighted by Gasteiger charge is 2.41. The number of amides is 1. The number of rotatable bonds is 3. The molecule has 178 valence electrons. The van der Waals surface area contributed by atoms with Gasteiger partial charge in [0.05, 0.1) is 27.8 Å². The van der Waals surface area contributed by atoms with E-state index in [2.05, 4.69) is 25.3 Å². The van der Waals surface area contributed by atoms with Gasteiger partial charge in [0.2, 0.25) is 0 Å². The van der Waals surface area contributed by atoms with Gasteiger partial charge in [-0.1, -0.05) is 12.1 Å². The molecule has 1 aliphatic heterocycles. The maximum absolute atomic E-state index is 13.5. The summed E-state index contributed by atoms with van der Waals surface area (Å²) < 4.78 is 47.5. The first-order valence-corrected chi connectivity index (χ1v) is 11.2. The molecule has 1 amide bonds. The minimum Gasteiger partial charge on any atom is -0.412 e. The summed E-state index contributed by atoms with van der Waals surface area (Å²) in [5.41, 5.74) is 0.750. The van der Waals surface area contributed by atoms with Gasteiger partial charge in [0.1, 0.15) is 11.0 Å². The van der Waals surface area contributed by atoms with Crippen molar-refractivity contribution in [1.29, 1.82) is 0 Å². The largest absolute Gasteiger partial charge is 0.435 e. The summed E-state index contributed by atoms with van der Waals surface area (Å²) in [4.78, 5) is 27.2. The number of aryl methyl sites for hydroxylation is 1. The molecule has 1 atom stereocenters. The molecule has 6 rings (SSSR count). The lowest BCUT2D eigenvalue weighted by Crippen LogP contribution is -2.41.